The van der Waals surface area contributed by atoms with E-state index in [-0.39, 0.29) is 11.6 Å². The lowest BCUT2D eigenvalue weighted by Gasteiger charge is -2.12. The van der Waals surface area contributed by atoms with Gasteiger partial charge in [-0.15, -0.1) is 0 Å². The Morgan fingerprint density at radius 3 is 2.62 bits per heavy atom. The first-order valence-electron chi connectivity index (χ1n) is 7.22. The second-order valence-corrected chi connectivity index (χ2v) is 5.42. The van der Waals surface area contributed by atoms with Gasteiger partial charge in [0.25, 0.3) is 0 Å². The maximum absolute atomic E-state index is 13.0. The Labute approximate surface area is 123 Å². The maximum Gasteiger partial charge on any atom is 0.193 e. The van der Waals surface area contributed by atoms with Crippen molar-refractivity contribution in [1.82, 2.24) is 0 Å². The normalized spacial score (nSPS) is 14.0. The predicted molar refractivity (Wildman–Crippen MR) is 79.4 cm³/mol. The van der Waals surface area contributed by atoms with Gasteiger partial charge in [0.15, 0.2) is 5.78 Å². The van der Waals surface area contributed by atoms with Crippen molar-refractivity contribution in [3.8, 4) is 5.75 Å². The minimum Gasteiger partial charge on any atom is -0.493 e. The van der Waals surface area contributed by atoms with Crippen LogP contribution >= 0.6 is 0 Å². The highest BCUT2D eigenvalue weighted by Crippen LogP contribution is 2.30. The van der Waals surface area contributed by atoms with Crippen LogP contribution in [0.15, 0.2) is 36.4 Å². The molecule has 3 heteroatoms. The Morgan fingerprint density at radius 1 is 1.10 bits per heavy atom. The predicted octanol–water partition coefficient (Wildman–Crippen LogP) is 4.08. The highest BCUT2D eigenvalue weighted by molar-refractivity contribution is 6.09. The number of rotatable bonds is 2. The van der Waals surface area contributed by atoms with Crippen LogP contribution in [0.4, 0.5) is 4.39 Å². The van der Waals surface area contributed by atoms with Gasteiger partial charge in [-0.25, -0.2) is 4.39 Å². The van der Waals surface area contributed by atoms with Gasteiger partial charge in [-0.3, -0.25) is 4.79 Å². The molecule has 108 valence electrons. The summed E-state index contributed by atoms with van der Waals surface area (Å²) in [7, 11) is 0. The molecule has 0 bridgehead atoms. The molecule has 0 aliphatic carbocycles. The van der Waals surface area contributed by atoms with E-state index in [2.05, 4.69) is 0 Å². The number of hydrogen-bond acceptors (Lipinski definition) is 2. The summed E-state index contributed by atoms with van der Waals surface area (Å²) < 4.78 is 18.7. The standard InChI is InChI=1S/C18H17FO2/c1-12-10-15(11-14-4-2-3-9-21-18(12)14)17(20)13-5-7-16(19)8-6-13/h5-8,10-11H,2-4,9H2,1H3. The van der Waals surface area contributed by atoms with E-state index in [0.29, 0.717) is 11.1 Å². The van der Waals surface area contributed by atoms with Crippen LogP contribution in [0.3, 0.4) is 0 Å². The van der Waals surface area contributed by atoms with Gasteiger partial charge in [-0.1, -0.05) is 0 Å². The molecule has 0 saturated carbocycles. The minimum absolute atomic E-state index is 0.0786. The van der Waals surface area contributed by atoms with Crippen LogP contribution in [-0.4, -0.2) is 12.4 Å². The van der Waals surface area contributed by atoms with Crippen molar-refractivity contribution in [2.45, 2.75) is 26.2 Å². The summed E-state index contributed by atoms with van der Waals surface area (Å²) in [6.07, 6.45) is 3.04. The molecule has 0 fully saturated rings. The molecular formula is C18H17FO2. The highest BCUT2D eigenvalue weighted by atomic mass is 19.1. The van der Waals surface area contributed by atoms with E-state index < -0.39 is 0 Å². The van der Waals surface area contributed by atoms with Gasteiger partial charge in [0, 0.05) is 11.1 Å². The number of ether oxygens (including phenoxy) is 1. The monoisotopic (exact) mass is 284 g/mol. The van der Waals surface area contributed by atoms with Gasteiger partial charge in [0.1, 0.15) is 11.6 Å². The smallest absolute Gasteiger partial charge is 0.193 e. The van der Waals surface area contributed by atoms with E-state index in [1.165, 1.54) is 24.3 Å². The molecule has 2 aromatic carbocycles. The number of fused-ring (bicyclic) bond motifs is 1. The Balaban J connectivity index is 1.99. The van der Waals surface area contributed by atoms with Crippen molar-refractivity contribution in [1.29, 1.82) is 0 Å². The zero-order chi connectivity index (χ0) is 14.8. The van der Waals surface area contributed by atoms with E-state index in [0.717, 1.165) is 42.7 Å². The van der Waals surface area contributed by atoms with Crippen molar-refractivity contribution >= 4 is 5.78 Å². The molecular weight excluding hydrogens is 267 g/mol. The first-order valence-corrected chi connectivity index (χ1v) is 7.22. The molecule has 0 aromatic heterocycles. The summed E-state index contributed by atoms with van der Waals surface area (Å²) in [5, 5.41) is 0. The van der Waals surface area contributed by atoms with Gasteiger partial charge < -0.3 is 4.74 Å². The molecule has 2 nitrogen and oxygen atoms in total. The highest BCUT2D eigenvalue weighted by Gasteiger charge is 2.17. The first kappa shape index (κ1) is 13.8. The Kier molecular flexibility index (Phi) is 3.74. The third-order valence-electron chi connectivity index (χ3n) is 3.81. The lowest BCUT2D eigenvalue weighted by atomic mass is 9.96. The number of benzene rings is 2. The third-order valence-corrected chi connectivity index (χ3v) is 3.81. The topological polar surface area (TPSA) is 26.3 Å². The molecule has 2 aromatic rings. The van der Waals surface area contributed by atoms with E-state index in [1.807, 2.05) is 19.1 Å². The molecule has 3 rings (SSSR count). The molecule has 0 saturated heterocycles. The number of hydrogen-bond donors (Lipinski definition) is 0. The van der Waals surface area contributed by atoms with Crippen LogP contribution in [0.5, 0.6) is 5.75 Å². The minimum atomic E-state index is -0.335. The number of ketones is 1. The maximum atomic E-state index is 13.0. The summed E-state index contributed by atoms with van der Waals surface area (Å²) in [5.41, 5.74) is 3.23. The molecule has 0 spiro atoms. The second kappa shape index (κ2) is 5.68. The molecule has 0 atom stereocenters. The van der Waals surface area contributed by atoms with Crippen LogP contribution in [0.2, 0.25) is 0 Å². The van der Waals surface area contributed by atoms with Gasteiger partial charge in [0.05, 0.1) is 6.61 Å². The van der Waals surface area contributed by atoms with Gasteiger partial charge in [0.2, 0.25) is 0 Å². The van der Waals surface area contributed by atoms with Crippen molar-refractivity contribution in [3.05, 3.63) is 64.5 Å². The Hall–Kier alpha value is -2.16. The zero-order valence-corrected chi connectivity index (χ0v) is 12.0. The fourth-order valence-corrected chi connectivity index (χ4v) is 2.73. The summed E-state index contributed by atoms with van der Waals surface area (Å²) >= 11 is 0. The lowest BCUT2D eigenvalue weighted by molar-refractivity contribution is 0.103. The quantitative estimate of drug-likeness (QED) is 0.777. The largest absolute Gasteiger partial charge is 0.493 e. The molecule has 1 heterocycles. The molecule has 0 radical (unpaired) electrons. The van der Waals surface area contributed by atoms with E-state index >= 15 is 0 Å². The molecule has 0 amide bonds. The van der Waals surface area contributed by atoms with Crippen molar-refractivity contribution in [2.24, 2.45) is 0 Å². The van der Waals surface area contributed by atoms with Crippen molar-refractivity contribution < 1.29 is 13.9 Å². The SMILES string of the molecule is Cc1cc(C(=O)c2ccc(F)cc2)cc2c1OCCCC2. The molecule has 1 aliphatic rings. The van der Waals surface area contributed by atoms with Crippen LogP contribution in [0.25, 0.3) is 0 Å². The molecule has 0 N–H and O–H groups in total. The average molecular weight is 284 g/mol. The van der Waals surface area contributed by atoms with Crippen LogP contribution < -0.4 is 4.74 Å². The number of carbonyl (C=O) groups is 1. The molecule has 1 aliphatic heterocycles. The Morgan fingerprint density at radius 2 is 1.86 bits per heavy atom. The first-order chi connectivity index (χ1) is 10.1. The summed E-state index contributed by atoms with van der Waals surface area (Å²) in [6.45, 7) is 2.70. The molecule has 0 unspecified atom stereocenters. The van der Waals surface area contributed by atoms with Crippen LogP contribution in [0.1, 0.15) is 39.9 Å². The average Bonchev–Trinajstić information content (AvgIpc) is 2.73. The van der Waals surface area contributed by atoms with Crippen molar-refractivity contribution in [3.63, 3.8) is 0 Å². The second-order valence-electron chi connectivity index (χ2n) is 5.42. The lowest BCUT2D eigenvalue weighted by Crippen LogP contribution is -2.05. The van der Waals surface area contributed by atoms with Gasteiger partial charge >= 0.3 is 0 Å². The number of halogens is 1. The number of carbonyl (C=O) groups excluding carboxylic acids is 1. The third kappa shape index (κ3) is 2.82. The fraction of sp³-hybridized carbons (Fsp3) is 0.278. The summed E-state index contributed by atoms with van der Waals surface area (Å²) in [5.74, 6) is 0.506. The molecule has 21 heavy (non-hydrogen) atoms. The van der Waals surface area contributed by atoms with Gasteiger partial charge in [-0.05, 0) is 73.7 Å². The zero-order valence-electron chi connectivity index (χ0n) is 12.0. The van der Waals surface area contributed by atoms with Crippen LogP contribution in [0, 0.1) is 12.7 Å². The van der Waals surface area contributed by atoms with Gasteiger partial charge in [-0.2, -0.15) is 0 Å². The van der Waals surface area contributed by atoms with E-state index in [4.69, 9.17) is 4.74 Å². The van der Waals surface area contributed by atoms with E-state index in [9.17, 15) is 9.18 Å². The fourth-order valence-electron chi connectivity index (χ4n) is 2.73. The summed E-state index contributed by atoms with van der Waals surface area (Å²) in [4.78, 5) is 12.5. The van der Waals surface area contributed by atoms with Crippen LogP contribution in [-0.2, 0) is 6.42 Å². The van der Waals surface area contributed by atoms with Crippen molar-refractivity contribution in [2.75, 3.05) is 6.61 Å². The van der Waals surface area contributed by atoms with E-state index in [1.54, 1.807) is 0 Å². The summed E-state index contributed by atoms with van der Waals surface area (Å²) in [6, 6.07) is 9.44. The number of aryl methyl sites for hydroxylation is 2. The Bertz CT molecular complexity index is 674.